The van der Waals surface area contributed by atoms with Crippen molar-refractivity contribution < 1.29 is 18.8 Å². The normalized spacial score (nSPS) is 11.1. The van der Waals surface area contributed by atoms with Gasteiger partial charge in [-0.1, -0.05) is 25.9 Å². The molecular weight excluding hydrogens is 224 g/mol. The minimum absolute atomic E-state index is 0.132. The maximum absolute atomic E-state index is 11.3. The van der Waals surface area contributed by atoms with E-state index in [-0.39, 0.29) is 17.9 Å². The van der Waals surface area contributed by atoms with E-state index < -0.39 is 11.9 Å². The van der Waals surface area contributed by atoms with Crippen molar-refractivity contribution in [3.8, 4) is 0 Å². The van der Waals surface area contributed by atoms with Crippen LogP contribution in [-0.4, -0.2) is 23.6 Å². The van der Waals surface area contributed by atoms with Gasteiger partial charge in [0.2, 0.25) is 5.88 Å². The zero-order valence-electron chi connectivity index (χ0n) is 10.4. The maximum atomic E-state index is 11.3. The quantitative estimate of drug-likeness (QED) is 0.625. The summed E-state index contributed by atoms with van der Waals surface area (Å²) in [7, 11) is 0. The molecule has 0 saturated heterocycles. The van der Waals surface area contributed by atoms with E-state index in [1.165, 1.54) is 0 Å². The average Bonchev–Trinajstić information content (AvgIpc) is 2.66. The van der Waals surface area contributed by atoms with Gasteiger partial charge in [0.05, 0.1) is 12.3 Å². The molecule has 0 aliphatic rings. The van der Waals surface area contributed by atoms with Gasteiger partial charge in [-0.25, -0.2) is 4.79 Å². The predicted octanol–water partition coefficient (Wildman–Crippen LogP) is 1.47. The molecule has 1 heterocycles. The van der Waals surface area contributed by atoms with Crippen LogP contribution in [0.15, 0.2) is 10.6 Å². The summed E-state index contributed by atoms with van der Waals surface area (Å²) >= 11 is 0. The lowest BCUT2D eigenvalue weighted by molar-refractivity contribution is -0.152. The Morgan fingerprint density at radius 2 is 2.12 bits per heavy atom. The van der Waals surface area contributed by atoms with Crippen molar-refractivity contribution in [2.75, 3.05) is 11.9 Å². The number of nitrogens with zero attached hydrogens (tertiary/aromatic N) is 1. The zero-order valence-corrected chi connectivity index (χ0v) is 10.4. The minimum atomic E-state index is -0.943. The molecule has 0 saturated carbocycles. The summed E-state index contributed by atoms with van der Waals surface area (Å²) in [6.07, 6.45) is 0. The number of amides is 1. The molecule has 0 atom stereocenters. The van der Waals surface area contributed by atoms with Gasteiger partial charge in [0.15, 0.2) is 0 Å². The van der Waals surface area contributed by atoms with Crippen molar-refractivity contribution in [2.45, 2.75) is 33.1 Å². The Labute approximate surface area is 99.3 Å². The van der Waals surface area contributed by atoms with Crippen LogP contribution in [0.4, 0.5) is 5.88 Å². The Morgan fingerprint density at radius 1 is 1.47 bits per heavy atom. The number of esters is 1. The highest BCUT2D eigenvalue weighted by atomic mass is 16.5. The molecule has 1 aromatic rings. The molecule has 0 aliphatic carbocycles. The van der Waals surface area contributed by atoms with Crippen LogP contribution >= 0.6 is 0 Å². The Kier molecular flexibility index (Phi) is 3.88. The molecule has 1 aromatic heterocycles. The standard InChI is InChI=1S/C11H16N2O4/c1-5-16-10(15)9(14)12-8-6-7(13-17-8)11(2,3)4/h6H,5H2,1-4H3,(H,12,14). The van der Waals surface area contributed by atoms with Crippen molar-refractivity contribution in [2.24, 2.45) is 0 Å². The molecule has 0 spiro atoms. The fourth-order valence-corrected chi connectivity index (χ4v) is 1.05. The Bertz CT molecular complexity index is 417. The van der Waals surface area contributed by atoms with E-state index >= 15 is 0 Å². The predicted molar refractivity (Wildman–Crippen MR) is 60.5 cm³/mol. The topological polar surface area (TPSA) is 81.4 Å². The molecule has 0 unspecified atom stereocenters. The number of anilines is 1. The molecule has 1 rings (SSSR count). The van der Waals surface area contributed by atoms with Gasteiger partial charge >= 0.3 is 11.9 Å². The third kappa shape index (κ3) is 3.58. The number of ether oxygens (including phenoxy) is 1. The van der Waals surface area contributed by atoms with Crippen LogP contribution in [-0.2, 0) is 19.7 Å². The van der Waals surface area contributed by atoms with Gasteiger partial charge in [-0.15, -0.1) is 0 Å². The van der Waals surface area contributed by atoms with E-state index in [0.29, 0.717) is 5.69 Å². The molecule has 1 amide bonds. The van der Waals surface area contributed by atoms with Crippen molar-refractivity contribution in [3.63, 3.8) is 0 Å². The lowest BCUT2D eigenvalue weighted by Gasteiger charge is -2.12. The van der Waals surface area contributed by atoms with Crippen molar-refractivity contribution in [1.29, 1.82) is 0 Å². The molecule has 0 aliphatic heterocycles. The lowest BCUT2D eigenvalue weighted by Crippen LogP contribution is -2.24. The van der Waals surface area contributed by atoms with Gasteiger partial charge in [-0.05, 0) is 6.92 Å². The van der Waals surface area contributed by atoms with E-state index in [0.717, 1.165) is 0 Å². The molecule has 0 aromatic carbocycles. The summed E-state index contributed by atoms with van der Waals surface area (Å²) in [6.45, 7) is 7.65. The SMILES string of the molecule is CCOC(=O)C(=O)Nc1cc(C(C)(C)C)no1. The fraction of sp³-hybridized carbons (Fsp3) is 0.545. The number of aromatic nitrogens is 1. The minimum Gasteiger partial charge on any atom is -0.459 e. The Balaban J connectivity index is 2.67. The first-order valence-electron chi connectivity index (χ1n) is 5.30. The monoisotopic (exact) mass is 240 g/mol. The molecule has 0 fully saturated rings. The fourth-order valence-electron chi connectivity index (χ4n) is 1.05. The van der Waals surface area contributed by atoms with Gasteiger partial charge in [-0.3, -0.25) is 10.1 Å². The van der Waals surface area contributed by atoms with Gasteiger partial charge in [-0.2, -0.15) is 0 Å². The number of carbonyl (C=O) groups is 2. The Morgan fingerprint density at radius 3 is 2.59 bits per heavy atom. The number of hydrogen-bond acceptors (Lipinski definition) is 5. The van der Waals surface area contributed by atoms with E-state index in [1.807, 2.05) is 20.8 Å². The van der Waals surface area contributed by atoms with Crippen LogP contribution in [0.2, 0.25) is 0 Å². The highest BCUT2D eigenvalue weighted by Gasteiger charge is 2.21. The van der Waals surface area contributed by atoms with Crippen LogP contribution in [0, 0.1) is 0 Å². The van der Waals surface area contributed by atoms with Crippen LogP contribution < -0.4 is 5.32 Å². The van der Waals surface area contributed by atoms with Crippen LogP contribution in [0.3, 0.4) is 0 Å². The lowest BCUT2D eigenvalue weighted by atomic mass is 9.92. The molecule has 0 radical (unpaired) electrons. The van der Waals surface area contributed by atoms with Gasteiger partial charge in [0, 0.05) is 11.5 Å². The first kappa shape index (κ1) is 13.2. The van der Waals surface area contributed by atoms with Gasteiger partial charge in [0.1, 0.15) is 0 Å². The summed E-state index contributed by atoms with van der Waals surface area (Å²) in [6, 6.07) is 1.58. The third-order valence-corrected chi connectivity index (χ3v) is 1.98. The first-order valence-corrected chi connectivity index (χ1v) is 5.30. The van der Waals surface area contributed by atoms with Crippen LogP contribution in [0.1, 0.15) is 33.4 Å². The van der Waals surface area contributed by atoms with E-state index in [2.05, 4.69) is 15.2 Å². The molecule has 17 heavy (non-hydrogen) atoms. The van der Waals surface area contributed by atoms with Crippen molar-refractivity contribution >= 4 is 17.8 Å². The average molecular weight is 240 g/mol. The van der Waals surface area contributed by atoms with Crippen molar-refractivity contribution in [3.05, 3.63) is 11.8 Å². The first-order chi connectivity index (χ1) is 7.84. The highest BCUT2D eigenvalue weighted by molar-refractivity contribution is 6.37. The van der Waals surface area contributed by atoms with E-state index in [4.69, 9.17) is 4.52 Å². The maximum Gasteiger partial charge on any atom is 0.397 e. The van der Waals surface area contributed by atoms with Crippen LogP contribution in [0.5, 0.6) is 0 Å². The molecule has 6 heteroatoms. The molecule has 6 nitrogen and oxygen atoms in total. The van der Waals surface area contributed by atoms with E-state index in [1.54, 1.807) is 13.0 Å². The summed E-state index contributed by atoms with van der Waals surface area (Å²) in [5, 5.41) is 6.08. The number of rotatable bonds is 2. The second kappa shape index (κ2) is 4.99. The molecular formula is C11H16N2O4. The van der Waals surface area contributed by atoms with E-state index in [9.17, 15) is 9.59 Å². The van der Waals surface area contributed by atoms with Gasteiger partial charge < -0.3 is 9.26 Å². The van der Waals surface area contributed by atoms with Crippen molar-refractivity contribution in [1.82, 2.24) is 5.16 Å². The van der Waals surface area contributed by atoms with Gasteiger partial charge in [0.25, 0.3) is 0 Å². The Hall–Kier alpha value is -1.85. The molecule has 0 bridgehead atoms. The molecule has 1 N–H and O–H groups in total. The number of nitrogens with one attached hydrogen (secondary N) is 1. The second-order valence-corrected chi connectivity index (χ2v) is 4.50. The molecule has 94 valence electrons. The highest BCUT2D eigenvalue weighted by Crippen LogP contribution is 2.23. The summed E-state index contributed by atoms with van der Waals surface area (Å²) in [4.78, 5) is 22.3. The largest absolute Gasteiger partial charge is 0.459 e. The smallest absolute Gasteiger partial charge is 0.397 e. The number of hydrogen-bond donors (Lipinski definition) is 1. The number of carbonyl (C=O) groups excluding carboxylic acids is 2. The second-order valence-electron chi connectivity index (χ2n) is 4.50. The third-order valence-electron chi connectivity index (χ3n) is 1.98. The summed E-state index contributed by atoms with van der Waals surface area (Å²) in [5.74, 6) is -1.68. The summed E-state index contributed by atoms with van der Waals surface area (Å²) < 4.78 is 9.44. The summed E-state index contributed by atoms with van der Waals surface area (Å²) in [5.41, 5.74) is 0.507. The zero-order chi connectivity index (χ0) is 13.1. The van der Waals surface area contributed by atoms with Crippen LogP contribution in [0.25, 0.3) is 0 Å².